The normalized spacial score (nSPS) is 18.8. The average Bonchev–Trinajstić information content (AvgIpc) is 3.29. The van der Waals surface area contributed by atoms with Gasteiger partial charge in [0.1, 0.15) is 5.54 Å². The van der Waals surface area contributed by atoms with Crippen LogP contribution in [0.15, 0.2) is 5.38 Å². The van der Waals surface area contributed by atoms with Crippen LogP contribution in [0.5, 0.6) is 0 Å². The van der Waals surface area contributed by atoms with Crippen molar-refractivity contribution in [2.75, 3.05) is 18.1 Å². The Balaban J connectivity index is 1.45. The molecular weight excluding hydrogens is 368 g/mol. The fraction of sp³-hybridized carbons (Fsp3) is 0.611. The quantitative estimate of drug-likeness (QED) is 0.740. The standard InChI is InChI=1S/C18H22N4O4S/c19-12-18(6-2-1-3-7-18)21-14(23)10-26-16(25)9-13-11-27-17(20-13)22-8-4-5-15(22)24/h11H,1-10H2,(H,21,23). The first-order chi connectivity index (χ1) is 13.0. The molecule has 9 heteroatoms. The Morgan fingerprint density at radius 3 is 2.78 bits per heavy atom. The van der Waals surface area contributed by atoms with Crippen LogP contribution in [0, 0.1) is 11.3 Å². The van der Waals surface area contributed by atoms with E-state index in [0.29, 0.717) is 36.6 Å². The predicted octanol–water partition coefficient (Wildman–Crippen LogP) is 1.70. The molecule has 3 rings (SSSR count). The highest BCUT2D eigenvalue weighted by Gasteiger charge is 2.33. The molecular formula is C18H22N4O4S. The molecule has 1 aromatic heterocycles. The van der Waals surface area contributed by atoms with E-state index in [4.69, 9.17) is 4.74 Å². The minimum absolute atomic E-state index is 0.0456. The molecule has 8 nitrogen and oxygen atoms in total. The van der Waals surface area contributed by atoms with Crippen molar-refractivity contribution in [1.82, 2.24) is 10.3 Å². The van der Waals surface area contributed by atoms with Crippen LogP contribution in [-0.4, -0.2) is 41.5 Å². The predicted molar refractivity (Wildman–Crippen MR) is 97.9 cm³/mol. The second-order valence-electron chi connectivity index (χ2n) is 6.91. The third-order valence-electron chi connectivity index (χ3n) is 4.83. The van der Waals surface area contributed by atoms with Gasteiger partial charge in [-0.25, -0.2) is 4.98 Å². The van der Waals surface area contributed by atoms with Crippen molar-refractivity contribution in [3.8, 4) is 6.07 Å². The molecule has 2 aliphatic rings. The number of amides is 2. The van der Waals surface area contributed by atoms with E-state index in [1.165, 1.54) is 11.3 Å². The van der Waals surface area contributed by atoms with E-state index in [1.54, 1.807) is 10.3 Å². The third kappa shape index (κ3) is 4.83. The molecule has 1 aromatic rings. The molecule has 0 aromatic carbocycles. The van der Waals surface area contributed by atoms with E-state index in [2.05, 4.69) is 16.4 Å². The van der Waals surface area contributed by atoms with Crippen LogP contribution >= 0.6 is 11.3 Å². The minimum Gasteiger partial charge on any atom is -0.455 e. The summed E-state index contributed by atoms with van der Waals surface area (Å²) in [5.74, 6) is -0.984. The van der Waals surface area contributed by atoms with Crippen molar-refractivity contribution in [3.05, 3.63) is 11.1 Å². The zero-order chi connectivity index (χ0) is 19.3. The van der Waals surface area contributed by atoms with Gasteiger partial charge in [0, 0.05) is 18.3 Å². The van der Waals surface area contributed by atoms with E-state index in [1.807, 2.05) is 0 Å². The topological polar surface area (TPSA) is 112 Å². The molecule has 1 saturated carbocycles. The number of hydrogen-bond donors (Lipinski definition) is 1. The summed E-state index contributed by atoms with van der Waals surface area (Å²) < 4.78 is 5.02. The van der Waals surface area contributed by atoms with Gasteiger partial charge in [-0.15, -0.1) is 11.3 Å². The largest absolute Gasteiger partial charge is 0.455 e. The molecule has 144 valence electrons. The molecule has 2 heterocycles. The molecule has 1 aliphatic carbocycles. The summed E-state index contributed by atoms with van der Waals surface area (Å²) >= 11 is 1.31. The highest BCUT2D eigenvalue weighted by Crippen LogP contribution is 2.27. The van der Waals surface area contributed by atoms with Crippen molar-refractivity contribution in [2.45, 2.75) is 56.9 Å². The lowest BCUT2D eigenvalue weighted by atomic mass is 9.83. The van der Waals surface area contributed by atoms with Crippen LogP contribution in [-0.2, 0) is 25.5 Å². The molecule has 2 amide bonds. The first-order valence-electron chi connectivity index (χ1n) is 9.14. The molecule has 0 atom stereocenters. The van der Waals surface area contributed by atoms with Gasteiger partial charge >= 0.3 is 5.97 Å². The molecule has 1 saturated heterocycles. The molecule has 0 unspecified atom stereocenters. The summed E-state index contributed by atoms with van der Waals surface area (Å²) in [7, 11) is 0. The number of nitrogens with zero attached hydrogens (tertiary/aromatic N) is 3. The Kier molecular flexibility index (Phi) is 6.06. The second-order valence-corrected chi connectivity index (χ2v) is 7.75. The Morgan fingerprint density at radius 1 is 1.33 bits per heavy atom. The monoisotopic (exact) mass is 390 g/mol. The maximum atomic E-state index is 12.0. The fourth-order valence-corrected chi connectivity index (χ4v) is 4.29. The van der Waals surface area contributed by atoms with Gasteiger partial charge in [-0.05, 0) is 19.3 Å². The Morgan fingerprint density at radius 2 is 2.11 bits per heavy atom. The molecule has 0 bridgehead atoms. The second kappa shape index (κ2) is 8.48. The number of carbonyl (C=O) groups is 3. The number of rotatable bonds is 6. The molecule has 0 radical (unpaired) electrons. The van der Waals surface area contributed by atoms with E-state index in [-0.39, 0.29) is 12.3 Å². The zero-order valence-corrected chi connectivity index (χ0v) is 15.8. The molecule has 1 N–H and O–H groups in total. The van der Waals surface area contributed by atoms with Crippen LogP contribution < -0.4 is 10.2 Å². The van der Waals surface area contributed by atoms with Gasteiger partial charge in [-0.3, -0.25) is 19.3 Å². The van der Waals surface area contributed by atoms with Gasteiger partial charge in [-0.2, -0.15) is 5.26 Å². The van der Waals surface area contributed by atoms with Crippen molar-refractivity contribution in [3.63, 3.8) is 0 Å². The summed E-state index contributed by atoms with van der Waals surface area (Å²) in [5, 5.41) is 14.4. The number of carbonyl (C=O) groups excluding carboxylic acids is 3. The first kappa shape index (κ1) is 19.3. The van der Waals surface area contributed by atoms with Crippen LogP contribution in [0.2, 0.25) is 0 Å². The molecule has 1 aliphatic heterocycles. The van der Waals surface area contributed by atoms with Gasteiger partial charge in [0.15, 0.2) is 11.7 Å². The number of thiazole rings is 1. The highest BCUT2D eigenvalue weighted by atomic mass is 32.1. The highest BCUT2D eigenvalue weighted by molar-refractivity contribution is 7.14. The fourth-order valence-electron chi connectivity index (χ4n) is 3.42. The van der Waals surface area contributed by atoms with Gasteiger partial charge < -0.3 is 10.1 Å². The van der Waals surface area contributed by atoms with Gasteiger partial charge in [0.25, 0.3) is 5.91 Å². The van der Waals surface area contributed by atoms with Crippen molar-refractivity contribution in [2.24, 2.45) is 0 Å². The van der Waals surface area contributed by atoms with Crippen LogP contribution in [0.25, 0.3) is 0 Å². The number of nitriles is 1. The lowest BCUT2D eigenvalue weighted by Crippen LogP contribution is -2.50. The first-order valence-corrected chi connectivity index (χ1v) is 10.0. The van der Waals surface area contributed by atoms with Crippen molar-refractivity contribution >= 4 is 34.3 Å². The minimum atomic E-state index is -0.839. The summed E-state index contributed by atoms with van der Waals surface area (Å²) in [5.41, 5.74) is -0.325. The SMILES string of the molecule is N#CC1(NC(=O)COC(=O)Cc2csc(N3CCCC3=O)n2)CCCCC1. The maximum absolute atomic E-state index is 12.0. The molecule has 0 spiro atoms. The van der Waals surface area contributed by atoms with Gasteiger partial charge in [0.2, 0.25) is 5.91 Å². The zero-order valence-electron chi connectivity index (χ0n) is 15.0. The molecule has 27 heavy (non-hydrogen) atoms. The van der Waals surface area contributed by atoms with Crippen LogP contribution in [0.1, 0.15) is 50.6 Å². The van der Waals surface area contributed by atoms with Gasteiger partial charge in [-0.1, -0.05) is 19.3 Å². The Labute approximate surface area is 161 Å². The van der Waals surface area contributed by atoms with E-state index in [9.17, 15) is 19.6 Å². The lowest BCUT2D eigenvalue weighted by molar-refractivity contribution is -0.148. The number of anilines is 1. The van der Waals surface area contributed by atoms with E-state index in [0.717, 1.165) is 25.7 Å². The number of aromatic nitrogens is 1. The van der Waals surface area contributed by atoms with Crippen molar-refractivity contribution in [1.29, 1.82) is 5.26 Å². The summed E-state index contributed by atoms with van der Waals surface area (Å²) in [4.78, 5) is 41.7. The third-order valence-corrected chi connectivity index (χ3v) is 5.75. The van der Waals surface area contributed by atoms with E-state index >= 15 is 0 Å². The average molecular weight is 390 g/mol. The summed E-state index contributed by atoms with van der Waals surface area (Å²) in [6, 6.07) is 2.20. The number of hydrogen-bond acceptors (Lipinski definition) is 7. The maximum Gasteiger partial charge on any atom is 0.312 e. The van der Waals surface area contributed by atoms with Crippen LogP contribution in [0.4, 0.5) is 5.13 Å². The summed E-state index contributed by atoms with van der Waals surface area (Å²) in [6.07, 6.45) is 5.39. The summed E-state index contributed by atoms with van der Waals surface area (Å²) in [6.45, 7) is 0.237. The van der Waals surface area contributed by atoms with Crippen LogP contribution in [0.3, 0.4) is 0 Å². The van der Waals surface area contributed by atoms with Gasteiger partial charge in [0.05, 0.1) is 18.2 Å². The number of ether oxygens (including phenoxy) is 1. The molecule has 2 fully saturated rings. The Bertz CT molecular complexity index is 764. The number of nitrogens with one attached hydrogen (secondary N) is 1. The smallest absolute Gasteiger partial charge is 0.312 e. The Hall–Kier alpha value is -2.47. The van der Waals surface area contributed by atoms with E-state index < -0.39 is 24.0 Å². The lowest BCUT2D eigenvalue weighted by Gasteiger charge is -2.31. The van der Waals surface area contributed by atoms with Crippen molar-refractivity contribution < 1.29 is 19.1 Å². The number of esters is 1.